The van der Waals surface area contributed by atoms with Crippen LogP contribution < -0.4 is 9.80 Å². The number of nitrogens with zero attached hydrogens (tertiary/aromatic N) is 3. The maximum atomic E-state index is 12.3. The Balaban J connectivity index is 1.86. The van der Waals surface area contributed by atoms with Gasteiger partial charge in [0, 0.05) is 32.7 Å². The van der Waals surface area contributed by atoms with E-state index in [0.717, 1.165) is 11.3 Å². The van der Waals surface area contributed by atoms with Gasteiger partial charge in [-0.15, -0.1) is 0 Å². The summed E-state index contributed by atoms with van der Waals surface area (Å²) >= 11 is 0. The predicted octanol–water partition coefficient (Wildman–Crippen LogP) is 2.06. The lowest BCUT2D eigenvalue weighted by atomic mass is 10.2. The Bertz CT molecular complexity index is 791. The number of aliphatic imine (C=N–C) groups is 1. The number of aliphatic hydroxyl groups excluding tert-OH is 1. The fraction of sp³-hybridized carbons (Fsp3) is 0.300. The summed E-state index contributed by atoms with van der Waals surface area (Å²) in [5.74, 6) is 1.04. The number of carbonyl (C=O) groups excluding carboxylic acids is 1. The highest BCUT2D eigenvalue weighted by molar-refractivity contribution is 6.10. The number of hydroxylamine groups is 1. The number of anilines is 1. The number of hydrogen-bond acceptors (Lipinski definition) is 6. The van der Waals surface area contributed by atoms with E-state index in [2.05, 4.69) is 4.99 Å². The smallest absolute Gasteiger partial charge is 0.276 e. The van der Waals surface area contributed by atoms with Crippen molar-refractivity contribution in [2.45, 2.75) is 12.6 Å². The molecule has 1 aliphatic heterocycles. The number of para-hydroxylation sites is 1. The molecule has 27 heavy (non-hydrogen) atoms. The van der Waals surface area contributed by atoms with Crippen LogP contribution in [-0.2, 0) is 9.63 Å². The normalized spacial score (nSPS) is 16.2. The lowest BCUT2D eigenvalue weighted by Crippen LogP contribution is -2.35. The second-order valence-corrected chi connectivity index (χ2v) is 6.22. The van der Waals surface area contributed by atoms with Crippen LogP contribution in [0.3, 0.4) is 0 Å². The molecule has 7 heteroatoms. The molecule has 0 saturated heterocycles. The number of amidine groups is 1. The molecule has 2 aromatic rings. The van der Waals surface area contributed by atoms with Crippen molar-refractivity contribution in [1.82, 2.24) is 4.90 Å². The lowest BCUT2D eigenvalue weighted by molar-refractivity contribution is -0.139. The Morgan fingerprint density at radius 3 is 2.52 bits per heavy atom. The third-order valence-corrected chi connectivity index (χ3v) is 3.96. The Morgan fingerprint density at radius 2 is 1.89 bits per heavy atom. The third kappa shape index (κ3) is 4.45. The Morgan fingerprint density at radius 1 is 1.19 bits per heavy atom. The maximum absolute atomic E-state index is 12.3. The van der Waals surface area contributed by atoms with E-state index in [4.69, 9.17) is 14.7 Å². The van der Waals surface area contributed by atoms with Gasteiger partial charge in [0.25, 0.3) is 12.1 Å². The summed E-state index contributed by atoms with van der Waals surface area (Å²) in [6.07, 6.45) is -0.339. The Labute approximate surface area is 158 Å². The van der Waals surface area contributed by atoms with Gasteiger partial charge in [-0.25, -0.2) is 14.9 Å². The van der Waals surface area contributed by atoms with Crippen LogP contribution in [0.25, 0.3) is 0 Å². The van der Waals surface area contributed by atoms with E-state index >= 15 is 0 Å². The van der Waals surface area contributed by atoms with Crippen LogP contribution in [-0.4, -0.2) is 55.3 Å². The van der Waals surface area contributed by atoms with Crippen molar-refractivity contribution >= 4 is 17.4 Å². The Kier molecular flexibility index (Phi) is 6.05. The topological polar surface area (TPSA) is 74.6 Å². The number of likely N-dealkylation sites (N-methyl/N-ethyl adjacent to an activating group) is 1. The molecule has 1 amide bonds. The number of carbonyl (C=O) groups is 1. The van der Waals surface area contributed by atoms with Gasteiger partial charge in [-0.2, -0.15) is 0 Å². The quantitative estimate of drug-likeness (QED) is 0.756. The predicted molar refractivity (Wildman–Crippen MR) is 103 cm³/mol. The number of benzene rings is 2. The summed E-state index contributed by atoms with van der Waals surface area (Å²) < 4.78 is 5.56. The first-order valence-electron chi connectivity index (χ1n) is 8.75. The molecule has 1 N–H and O–H groups in total. The van der Waals surface area contributed by atoms with Crippen molar-refractivity contribution in [3.63, 3.8) is 0 Å². The molecule has 0 saturated carbocycles. The first-order valence-corrected chi connectivity index (χ1v) is 8.75. The van der Waals surface area contributed by atoms with E-state index in [0.29, 0.717) is 24.6 Å². The summed E-state index contributed by atoms with van der Waals surface area (Å²) in [5, 5.41) is 10.4. The molecule has 142 valence electrons. The van der Waals surface area contributed by atoms with Gasteiger partial charge < -0.3 is 14.7 Å². The van der Waals surface area contributed by atoms with Crippen LogP contribution in [0.15, 0.2) is 59.6 Å². The van der Waals surface area contributed by atoms with Crippen LogP contribution >= 0.6 is 0 Å². The highest BCUT2D eigenvalue weighted by Gasteiger charge is 2.34. The minimum Gasteiger partial charge on any atom is -0.494 e. The highest BCUT2D eigenvalue weighted by atomic mass is 16.7. The highest BCUT2D eigenvalue weighted by Crippen LogP contribution is 2.26. The van der Waals surface area contributed by atoms with Crippen LogP contribution in [0.5, 0.6) is 5.75 Å². The molecule has 0 radical (unpaired) electrons. The first kappa shape index (κ1) is 18.9. The van der Waals surface area contributed by atoms with E-state index in [9.17, 15) is 4.79 Å². The van der Waals surface area contributed by atoms with E-state index < -0.39 is 6.23 Å². The van der Waals surface area contributed by atoms with Gasteiger partial charge in [-0.1, -0.05) is 18.2 Å². The largest absolute Gasteiger partial charge is 0.494 e. The van der Waals surface area contributed by atoms with Crippen molar-refractivity contribution in [3.05, 3.63) is 60.2 Å². The molecule has 1 unspecified atom stereocenters. The van der Waals surface area contributed by atoms with Gasteiger partial charge in [0.15, 0.2) is 5.84 Å². The zero-order valence-corrected chi connectivity index (χ0v) is 15.4. The third-order valence-electron chi connectivity index (χ3n) is 3.96. The molecule has 0 aromatic heterocycles. The molecular weight excluding hydrogens is 346 g/mol. The molecule has 1 heterocycles. The Hall–Kier alpha value is -2.90. The van der Waals surface area contributed by atoms with Crippen molar-refractivity contribution in [2.24, 2.45) is 4.99 Å². The minimum atomic E-state index is -0.921. The monoisotopic (exact) mass is 369 g/mol. The van der Waals surface area contributed by atoms with Crippen molar-refractivity contribution in [1.29, 1.82) is 0 Å². The molecule has 3 rings (SSSR count). The summed E-state index contributed by atoms with van der Waals surface area (Å²) in [4.78, 5) is 24.1. The van der Waals surface area contributed by atoms with Gasteiger partial charge in [0.05, 0.1) is 12.3 Å². The molecule has 2 aromatic carbocycles. The van der Waals surface area contributed by atoms with Crippen molar-refractivity contribution < 1.29 is 19.5 Å². The SMILES string of the molecule is CN(C)C(=O)C1N=C(c2ccc(OCCCO)cc2)N(c2ccccc2)O1. The van der Waals surface area contributed by atoms with Crippen LogP contribution in [0.1, 0.15) is 12.0 Å². The second kappa shape index (κ2) is 8.66. The summed E-state index contributed by atoms with van der Waals surface area (Å²) in [5.41, 5.74) is 1.59. The van der Waals surface area contributed by atoms with Crippen molar-refractivity contribution in [2.75, 3.05) is 32.4 Å². The fourth-order valence-corrected chi connectivity index (χ4v) is 2.55. The molecule has 0 fully saturated rings. The summed E-state index contributed by atoms with van der Waals surface area (Å²) in [6, 6.07) is 16.9. The van der Waals surface area contributed by atoms with Crippen LogP contribution in [0, 0.1) is 0 Å². The lowest BCUT2D eigenvalue weighted by Gasteiger charge is -2.20. The summed E-state index contributed by atoms with van der Waals surface area (Å²) in [7, 11) is 3.34. The standard InChI is InChI=1S/C20H23N3O4/c1-22(2)20(25)19-21-18(23(27-19)16-7-4-3-5-8-16)15-9-11-17(12-10-15)26-14-6-13-24/h3-5,7-12,19,24H,6,13-14H2,1-2H3. The molecule has 0 bridgehead atoms. The number of rotatable bonds is 7. The van der Waals surface area contributed by atoms with Crippen LogP contribution in [0.2, 0.25) is 0 Å². The first-order chi connectivity index (χ1) is 13.1. The fourth-order valence-electron chi connectivity index (χ4n) is 2.55. The van der Waals surface area contributed by atoms with Crippen molar-refractivity contribution in [3.8, 4) is 5.75 Å². The summed E-state index contributed by atoms with van der Waals surface area (Å²) in [6.45, 7) is 0.551. The number of ether oxygens (including phenoxy) is 1. The zero-order chi connectivity index (χ0) is 19.2. The zero-order valence-electron chi connectivity index (χ0n) is 15.4. The molecule has 1 aliphatic rings. The molecule has 0 aliphatic carbocycles. The number of hydrogen-bond donors (Lipinski definition) is 1. The number of aliphatic hydroxyl groups is 1. The molecule has 0 spiro atoms. The van der Waals surface area contributed by atoms with E-state index in [1.54, 1.807) is 19.2 Å². The van der Waals surface area contributed by atoms with Crippen LogP contribution in [0.4, 0.5) is 5.69 Å². The number of amides is 1. The van der Waals surface area contributed by atoms with E-state index in [-0.39, 0.29) is 12.5 Å². The second-order valence-electron chi connectivity index (χ2n) is 6.22. The average Bonchev–Trinajstić information content (AvgIpc) is 3.14. The van der Waals surface area contributed by atoms with Gasteiger partial charge in [0.2, 0.25) is 0 Å². The molecular formula is C20H23N3O4. The van der Waals surface area contributed by atoms with Gasteiger partial charge in [-0.05, 0) is 36.4 Å². The van der Waals surface area contributed by atoms with E-state index in [1.807, 2.05) is 54.6 Å². The minimum absolute atomic E-state index is 0.0968. The molecule has 7 nitrogen and oxygen atoms in total. The van der Waals surface area contributed by atoms with E-state index in [1.165, 1.54) is 4.90 Å². The van der Waals surface area contributed by atoms with Gasteiger partial charge in [-0.3, -0.25) is 4.79 Å². The molecule has 1 atom stereocenters. The average molecular weight is 369 g/mol. The van der Waals surface area contributed by atoms with Gasteiger partial charge >= 0.3 is 0 Å². The van der Waals surface area contributed by atoms with Gasteiger partial charge in [0.1, 0.15) is 5.75 Å². The maximum Gasteiger partial charge on any atom is 0.276 e.